The van der Waals surface area contributed by atoms with Crippen LogP contribution in [0.1, 0.15) is 32.6 Å². The molecule has 3 atom stereocenters. The van der Waals surface area contributed by atoms with E-state index in [0.29, 0.717) is 13.1 Å². The fourth-order valence-corrected chi connectivity index (χ4v) is 4.96. The van der Waals surface area contributed by atoms with E-state index in [-0.39, 0.29) is 23.4 Å². The fraction of sp³-hybridized carbons (Fsp3) is 0.588. The van der Waals surface area contributed by atoms with Crippen LogP contribution in [0.2, 0.25) is 0 Å². The van der Waals surface area contributed by atoms with Gasteiger partial charge >= 0.3 is 0 Å². The van der Waals surface area contributed by atoms with Crippen molar-refractivity contribution in [1.29, 1.82) is 0 Å². The van der Waals surface area contributed by atoms with Crippen LogP contribution in [0.15, 0.2) is 17.4 Å². The quantitative estimate of drug-likeness (QED) is 0.614. The monoisotopic (exact) mass is 365 g/mol. The lowest BCUT2D eigenvalue weighted by atomic mass is 10.2. The molecule has 24 heavy (non-hydrogen) atoms. The van der Waals surface area contributed by atoms with Crippen molar-refractivity contribution in [1.82, 2.24) is 14.9 Å². The Balaban J connectivity index is 1.75. The molecule has 0 bridgehead atoms. The zero-order valence-electron chi connectivity index (χ0n) is 14.5. The van der Waals surface area contributed by atoms with E-state index in [1.807, 2.05) is 25.7 Å². The summed E-state index contributed by atoms with van der Waals surface area (Å²) >= 11 is 3.22. The number of hydrogen-bond donors (Lipinski definition) is 0. The van der Waals surface area contributed by atoms with Crippen LogP contribution in [-0.2, 0) is 16.0 Å². The van der Waals surface area contributed by atoms with Gasteiger partial charge in [-0.15, -0.1) is 11.3 Å². The zero-order chi connectivity index (χ0) is 17.3. The van der Waals surface area contributed by atoms with Crippen LogP contribution in [-0.4, -0.2) is 51.3 Å². The molecule has 0 spiro atoms. The van der Waals surface area contributed by atoms with Gasteiger partial charge in [-0.1, -0.05) is 18.7 Å². The highest BCUT2D eigenvalue weighted by Gasteiger charge is 2.29. The van der Waals surface area contributed by atoms with E-state index < -0.39 is 0 Å². The molecule has 0 aliphatic carbocycles. The van der Waals surface area contributed by atoms with Crippen molar-refractivity contribution in [3.05, 3.63) is 17.3 Å². The number of morpholine rings is 1. The molecule has 5 nitrogen and oxygen atoms in total. The van der Waals surface area contributed by atoms with E-state index >= 15 is 0 Å². The van der Waals surface area contributed by atoms with Crippen molar-refractivity contribution in [2.45, 2.75) is 56.6 Å². The van der Waals surface area contributed by atoms with Gasteiger partial charge in [0.2, 0.25) is 5.91 Å². The predicted molar refractivity (Wildman–Crippen MR) is 98.7 cm³/mol. The highest BCUT2D eigenvalue weighted by Crippen LogP contribution is 2.33. The number of nitrogens with zero attached hydrogens (tertiary/aromatic N) is 3. The van der Waals surface area contributed by atoms with Crippen molar-refractivity contribution in [2.75, 3.05) is 13.1 Å². The number of ether oxygens (including phenoxy) is 1. The Kier molecular flexibility index (Phi) is 5.42. The molecule has 7 heteroatoms. The van der Waals surface area contributed by atoms with Gasteiger partial charge in [0.05, 0.1) is 17.5 Å². The largest absolute Gasteiger partial charge is 0.372 e. The summed E-state index contributed by atoms with van der Waals surface area (Å²) in [6.45, 7) is 9.44. The molecule has 1 fully saturated rings. The molecule has 1 aliphatic rings. The summed E-state index contributed by atoms with van der Waals surface area (Å²) in [5.41, 5.74) is 0. The topological polar surface area (TPSA) is 55.3 Å². The maximum atomic E-state index is 12.8. The predicted octanol–water partition coefficient (Wildman–Crippen LogP) is 3.37. The molecule has 1 amide bonds. The normalized spacial score (nSPS) is 22.8. The molecule has 3 heterocycles. The van der Waals surface area contributed by atoms with E-state index in [1.165, 1.54) is 16.6 Å². The Morgan fingerprint density at radius 2 is 2.12 bits per heavy atom. The van der Waals surface area contributed by atoms with Gasteiger partial charge in [-0.2, -0.15) is 0 Å². The number of carbonyl (C=O) groups excluding carboxylic acids is 1. The van der Waals surface area contributed by atoms with Crippen LogP contribution in [0.25, 0.3) is 10.2 Å². The van der Waals surface area contributed by atoms with Crippen molar-refractivity contribution >= 4 is 39.2 Å². The summed E-state index contributed by atoms with van der Waals surface area (Å²) < 4.78 is 5.72. The minimum absolute atomic E-state index is 0.0876. The van der Waals surface area contributed by atoms with Crippen LogP contribution < -0.4 is 0 Å². The van der Waals surface area contributed by atoms with Crippen LogP contribution >= 0.6 is 23.1 Å². The lowest BCUT2D eigenvalue weighted by molar-refractivity contribution is -0.142. The molecule has 1 aliphatic heterocycles. The Hall–Kier alpha value is -1.18. The molecule has 3 rings (SSSR count). The first kappa shape index (κ1) is 17.6. The smallest absolute Gasteiger partial charge is 0.236 e. The summed E-state index contributed by atoms with van der Waals surface area (Å²) in [6.07, 6.45) is 2.76. The van der Waals surface area contributed by atoms with Crippen molar-refractivity contribution in [3.63, 3.8) is 0 Å². The average molecular weight is 366 g/mol. The van der Waals surface area contributed by atoms with E-state index in [2.05, 4.69) is 23.0 Å². The number of amides is 1. The third-order valence-corrected chi connectivity index (χ3v) is 6.35. The highest BCUT2D eigenvalue weighted by atomic mass is 32.2. The number of thioether (sulfide) groups is 1. The van der Waals surface area contributed by atoms with Gasteiger partial charge in [0, 0.05) is 23.4 Å². The van der Waals surface area contributed by atoms with E-state index in [9.17, 15) is 4.79 Å². The van der Waals surface area contributed by atoms with Gasteiger partial charge in [-0.05, 0) is 33.3 Å². The van der Waals surface area contributed by atoms with Crippen LogP contribution in [0, 0.1) is 0 Å². The molecule has 2 aromatic heterocycles. The van der Waals surface area contributed by atoms with Crippen molar-refractivity contribution < 1.29 is 9.53 Å². The molecule has 0 aromatic carbocycles. The second-order valence-corrected chi connectivity index (χ2v) is 8.67. The number of hydrogen-bond acceptors (Lipinski definition) is 6. The molecule has 0 N–H and O–H groups in total. The Labute approximate surface area is 150 Å². The van der Waals surface area contributed by atoms with Crippen LogP contribution in [0.5, 0.6) is 0 Å². The van der Waals surface area contributed by atoms with Crippen LogP contribution in [0.4, 0.5) is 0 Å². The second kappa shape index (κ2) is 7.37. The number of carbonyl (C=O) groups is 1. The summed E-state index contributed by atoms with van der Waals surface area (Å²) in [5.74, 6) is 0.153. The standard InChI is InChI=1S/C17H23N3O2S2/c1-5-13-6-14-15(18-9-19-16(14)24-13)23-12(4)17(21)20-7-10(2)22-11(3)8-20/h6,9-12H,5,7-8H2,1-4H3. The third-order valence-electron chi connectivity index (χ3n) is 4.06. The number of aryl methyl sites for hydroxylation is 1. The SMILES string of the molecule is CCc1cc2c(SC(C)C(=O)N3CC(C)OC(C)C3)ncnc2s1. The maximum absolute atomic E-state index is 12.8. The lowest BCUT2D eigenvalue weighted by Crippen LogP contribution is -2.50. The summed E-state index contributed by atoms with van der Waals surface area (Å²) in [7, 11) is 0. The third kappa shape index (κ3) is 3.73. The van der Waals surface area contributed by atoms with Gasteiger partial charge in [-0.25, -0.2) is 9.97 Å². The molecule has 1 saturated heterocycles. The fourth-order valence-electron chi connectivity index (χ4n) is 2.98. The maximum Gasteiger partial charge on any atom is 0.236 e. The minimum Gasteiger partial charge on any atom is -0.372 e. The van der Waals surface area contributed by atoms with E-state index in [1.54, 1.807) is 17.7 Å². The lowest BCUT2D eigenvalue weighted by Gasteiger charge is -2.36. The molecular weight excluding hydrogens is 342 g/mol. The molecule has 0 saturated carbocycles. The Morgan fingerprint density at radius 1 is 1.42 bits per heavy atom. The Bertz CT molecular complexity index is 724. The second-order valence-electron chi connectivity index (χ2n) is 6.22. The first-order valence-corrected chi connectivity index (χ1v) is 10.0. The molecule has 130 valence electrons. The molecule has 2 aromatic rings. The van der Waals surface area contributed by atoms with Crippen molar-refractivity contribution in [3.8, 4) is 0 Å². The van der Waals surface area contributed by atoms with Crippen LogP contribution in [0.3, 0.4) is 0 Å². The van der Waals surface area contributed by atoms with E-state index in [0.717, 1.165) is 21.7 Å². The number of thiophene rings is 1. The van der Waals surface area contributed by atoms with Gasteiger partial charge < -0.3 is 9.64 Å². The molecular formula is C17H23N3O2S2. The van der Waals surface area contributed by atoms with Gasteiger partial charge in [0.15, 0.2) is 0 Å². The molecule has 0 radical (unpaired) electrons. The first-order valence-electron chi connectivity index (χ1n) is 8.32. The summed E-state index contributed by atoms with van der Waals surface area (Å²) in [5, 5.41) is 1.78. The van der Waals surface area contributed by atoms with Gasteiger partial charge in [0.25, 0.3) is 0 Å². The average Bonchev–Trinajstić information content (AvgIpc) is 2.97. The van der Waals surface area contributed by atoms with Gasteiger partial charge in [0.1, 0.15) is 16.2 Å². The number of rotatable bonds is 4. The van der Waals surface area contributed by atoms with Crippen molar-refractivity contribution in [2.24, 2.45) is 0 Å². The first-order chi connectivity index (χ1) is 11.5. The Morgan fingerprint density at radius 3 is 2.79 bits per heavy atom. The molecule has 3 unspecified atom stereocenters. The zero-order valence-corrected chi connectivity index (χ0v) is 16.1. The number of fused-ring (bicyclic) bond motifs is 1. The highest BCUT2D eigenvalue weighted by molar-refractivity contribution is 8.00. The van der Waals surface area contributed by atoms with Gasteiger partial charge in [-0.3, -0.25) is 4.79 Å². The summed E-state index contributed by atoms with van der Waals surface area (Å²) in [6, 6.07) is 2.15. The van der Waals surface area contributed by atoms with E-state index in [4.69, 9.17) is 4.74 Å². The number of aromatic nitrogens is 2. The summed E-state index contributed by atoms with van der Waals surface area (Å²) in [4.78, 5) is 25.8. The minimum atomic E-state index is -0.175.